The van der Waals surface area contributed by atoms with Gasteiger partial charge in [-0.3, -0.25) is 9.59 Å². The Kier molecular flexibility index (Phi) is 7.94. The van der Waals surface area contributed by atoms with Crippen LogP contribution in [0.1, 0.15) is 20.8 Å². The van der Waals surface area contributed by atoms with Gasteiger partial charge in [0.15, 0.2) is 19.1 Å². The zero-order valence-electron chi connectivity index (χ0n) is 11.9. The molecule has 0 heterocycles. The molecule has 0 aliphatic heterocycles. The Morgan fingerprint density at radius 3 is 2.25 bits per heavy atom. The number of ether oxygens (including phenoxy) is 2. The third-order valence-electron chi connectivity index (χ3n) is 1.83. The number of ketones is 1. The van der Waals surface area contributed by atoms with Crippen molar-refractivity contribution in [3.05, 3.63) is 0 Å². The molecule has 0 aromatic carbocycles. The van der Waals surface area contributed by atoms with E-state index in [1.54, 1.807) is 20.8 Å². The predicted molar refractivity (Wildman–Crippen MR) is 69.4 cm³/mol. The predicted octanol–water partition coefficient (Wildman–Crippen LogP) is 1.22. The van der Waals surface area contributed by atoms with Crippen molar-refractivity contribution >= 4 is 25.9 Å². The quantitative estimate of drug-likeness (QED) is 0.428. The zero-order valence-corrected chi connectivity index (χ0v) is 12.8. The fourth-order valence-electron chi connectivity index (χ4n) is 0.789. The minimum Gasteiger partial charge on any atom is -0.427 e. The van der Waals surface area contributed by atoms with Crippen LogP contribution in [-0.2, 0) is 28.2 Å². The van der Waals surface area contributed by atoms with E-state index in [9.17, 15) is 18.9 Å². The average molecular weight is 308 g/mol. The maximum atomic E-state index is 11.3. The van der Waals surface area contributed by atoms with Crippen LogP contribution in [0.4, 0.5) is 4.79 Å². The van der Waals surface area contributed by atoms with Crippen LogP contribution in [0.15, 0.2) is 0 Å². The molecule has 1 unspecified atom stereocenters. The van der Waals surface area contributed by atoms with Crippen LogP contribution < -0.4 is 5.32 Å². The van der Waals surface area contributed by atoms with Gasteiger partial charge in [-0.1, -0.05) is 0 Å². The Labute approximate surface area is 118 Å². The summed E-state index contributed by atoms with van der Waals surface area (Å²) in [5, 5.41) is 2.14. The number of amides is 1. The molecule has 0 spiro atoms. The van der Waals surface area contributed by atoms with E-state index in [0.717, 1.165) is 0 Å². The highest BCUT2D eigenvalue weighted by atomic mass is 31.1. The second-order valence-electron chi connectivity index (χ2n) is 4.84. The van der Waals surface area contributed by atoms with Crippen LogP contribution in [0.3, 0.4) is 0 Å². The number of hydrogen-bond acceptors (Lipinski definition) is 7. The molecular formula is C11H19NO7P+. The maximum absolute atomic E-state index is 11.3. The summed E-state index contributed by atoms with van der Waals surface area (Å²) in [5.41, 5.74) is -0.690. The molecule has 0 aliphatic carbocycles. The summed E-state index contributed by atoms with van der Waals surface area (Å²) in [7, 11) is -1.86. The van der Waals surface area contributed by atoms with Gasteiger partial charge in [0, 0.05) is 0 Å². The van der Waals surface area contributed by atoms with Crippen LogP contribution >= 0.6 is 8.03 Å². The van der Waals surface area contributed by atoms with Crippen LogP contribution in [-0.4, -0.2) is 44.5 Å². The van der Waals surface area contributed by atoms with Gasteiger partial charge >= 0.3 is 20.1 Å². The second kappa shape index (κ2) is 8.60. The largest absolute Gasteiger partial charge is 0.505 e. The van der Waals surface area contributed by atoms with Crippen LogP contribution in [0, 0.1) is 5.41 Å². The molecule has 0 saturated heterocycles. The van der Waals surface area contributed by atoms with E-state index in [-0.39, 0.29) is 13.2 Å². The molecule has 0 radical (unpaired) electrons. The first-order chi connectivity index (χ1) is 9.12. The van der Waals surface area contributed by atoms with Gasteiger partial charge in [-0.15, -0.1) is 4.52 Å². The standard InChI is InChI=1S/C11H18NO7P/c1-11(2,3)9(14)17-7-18-10(15)12-5-8(13)6-19-20(4)16/h5-7H2,1-4H3/p+1. The average Bonchev–Trinajstić information content (AvgIpc) is 2.32. The molecule has 9 heteroatoms. The fourth-order valence-corrected chi connectivity index (χ4v) is 1.11. The van der Waals surface area contributed by atoms with Crippen LogP contribution in [0.5, 0.6) is 0 Å². The van der Waals surface area contributed by atoms with E-state index in [1.165, 1.54) is 6.66 Å². The van der Waals surface area contributed by atoms with E-state index in [2.05, 4.69) is 14.6 Å². The number of esters is 1. The Bertz CT molecular complexity index is 389. The highest BCUT2D eigenvalue weighted by Gasteiger charge is 2.23. The Balaban J connectivity index is 3.77. The lowest BCUT2D eigenvalue weighted by atomic mass is 9.98. The van der Waals surface area contributed by atoms with E-state index in [1.807, 2.05) is 0 Å². The molecule has 8 nitrogen and oxygen atoms in total. The normalized spacial score (nSPS) is 11.5. The van der Waals surface area contributed by atoms with E-state index in [0.29, 0.717) is 0 Å². The lowest BCUT2D eigenvalue weighted by Gasteiger charge is -2.16. The lowest BCUT2D eigenvalue weighted by Crippen LogP contribution is -2.33. The highest BCUT2D eigenvalue weighted by molar-refractivity contribution is 7.38. The molecule has 0 rings (SSSR count). The molecule has 114 valence electrons. The van der Waals surface area contributed by atoms with Gasteiger partial charge in [-0.25, -0.2) is 4.79 Å². The van der Waals surface area contributed by atoms with E-state index < -0.39 is 38.1 Å². The Morgan fingerprint density at radius 1 is 1.15 bits per heavy atom. The van der Waals surface area contributed by atoms with Crippen molar-refractivity contribution in [2.45, 2.75) is 20.8 Å². The van der Waals surface area contributed by atoms with Crippen LogP contribution in [0.25, 0.3) is 0 Å². The number of carbonyl (C=O) groups is 3. The second-order valence-corrected chi connectivity index (χ2v) is 5.97. The summed E-state index contributed by atoms with van der Waals surface area (Å²) in [4.78, 5) is 33.6. The number of rotatable bonds is 7. The monoisotopic (exact) mass is 308 g/mol. The Hall–Kier alpha value is -1.53. The Morgan fingerprint density at radius 2 is 1.75 bits per heavy atom. The molecule has 0 bridgehead atoms. The molecule has 0 aromatic rings. The molecule has 1 amide bonds. The van der Waals surface area contributed by atoms with Gasteiger partial charge in [0.2, 0.25) is 6.79 Å². The van der Waals surface area contributed by atoms with Gasteiger partial charge in [0.05, 0.1) is 12.0 Å². The van der Waals surface area contributed by atoms with Gasteiger partial charge in [0.25, 0.3) is 0 Å². The summed E-state index contributed by atoms with van der Waals surface area (Å²) in [6, 6.07) is 0. The number of hydrogen-bond donors (Lipinski definition) is 1. The summed E-state index contributed by atoms with van der Waals surface area (Å²) in [6.45, 7) is 5.08. The highest BCUT2D eigenvalue weighted by Crippen LogP contribution is 2.15. The molecule has 0 aromatic heterocycles. The molecule has 0 aliphatic rings. The summed E-state index contributed by atoms with van der Waals surface area (Å²) >= 11 is 0. The van der Waals surface area contributed by atoms with Gasteiger partial charge in [-0.05, 0) is 25.3 Å². The number of nitrogens with one attached hydrogen (secondary N) is 1. The van der Waals surface area contributed by atoms with Crippen molar-refractivity contribution in [1.29, 1.82) is 0 Å². The smallest absolute Gasteiger partial charge is 0.427 e. The van der Waals surface area contributed by atoms with Crippen molar-refractivity contribution in [2.24, 2.45) is 5.41 Å². The molecule has 1 N–H and O–H groups in total. The summed E-state index contributed by atoms with van der Waals surface area (Å²) < 4.78 is 24.4. The first-order valence-electron chi connectivity index (χ1n) is 5.76. The molecule has 0 saturated carbocycles. The lowest BCUT2D eigenvalue weighted by molar-refractivity contribution is -0.161. The van der Waals surface area contributed by atoms with E-state index in [4.69, 9.17) is 4.74 Å². The van der Waals surface area contributed by atoms with Crippen molar-refractivity contribution in [3.63, 3.8) is 0 Å². The summed E-state index contributed by atoms with van der Waals surface area (Å²) in [6.07, 6.45) is -0.902. The zero-order chi connectivity index (χ0) is 15.8. The van der Waals surface area contributed by atoms with Crippen molar-refractivity contribution in [3.8, 4) is 0 Å². The molecule has 20 heavy (non-hydrogen) atoms. The van der Waals surface area contributed by atoms with Gasteiger partial charge in [0.1, 0.15) is 0 Å². The number of alkyl carbamates (subject to hydrolysis) is 1. The minimum atomic E-state index is -1.86. The molecule has 1 atom stereocenters. The third kappa shape index (κ3) is 9.41. The number of Topliss-reactive ketones (excluding diaryl/α,β-unsaturated/α-hetero) is 1. The molecular weight excluding hydrogens is 289 g/mol. The van der Waals surface area contributed by atoms with Crippen LogP contribution in [0.2, 0.25) is 0 Å². The van der Waals surface area contributed by atoms with Gasteiger partial charge < -0.3 is 14.8 Å². The topological polar surface area (TPSA) is 108 Å². The summed E-state index contributed by atoms with van der Waals surface area (Å²) in [5.74, 6) is -0.972. The third-order valence-corrected chi connectivity index (χ3v) is 2.32. The molecule has 0 fully saturated rings. The van der Waals surface area contributed by atoms with E-state index >= 15 is 0 Å². The number of carbonyl (C=O) groups excluding carboxylic acids is 3. The van der Waals surface area contributed by atoms with Crippen molar-refractivity contribution in [2.75, 3.05) is 26.6 Å². The van der Waals surface area contributed by atoms with Gasteiger partial charge in [-0.2, -0.15) is 0 Å². The maximum Gasteiger partial charge on any atom is 0.505 e. The first kappa shape index (κ1) is 18.5. The van der Waals surface area contributed by atoms with Crippen molar-refractivity contribution in [1.82, 2.24) is 5.32 Å². The SMILES string of the molecule is C[P+](=O)OCC(=O)CNC(=O)OCOC(=O)C(C)(C)C. The minimum absolute atomic E-state index is 0.324. The first-order valence-corrected chi connectivity index (χ1v) is 7.38. The fraction of sp³-hybridized carbons (Fsp3) is 0.727. The van der Waals surface area contributed by atoms with Crippen molar-refractivity contribution < 1.29 is 32.9 Å².